The number of hydrogen-bond donors (Lipinski definition) is 2. The third-order valence-corrected chi connectivity index (χ3v) is 2.20. The quantitative estimate of drug-likeness (QED) is 0.564. The van der Waals surface area contributed by atoms with E-state index in [1.807, 2.05) is 11.3 Å². The van der Waals surface area contributed by atoms with Gasteiger partial charge in [-0.25, -0.2) is 0 Å². The highest BCUT2D eigenvalue weighted by Crippen LogP contribution is 2.17. The lowest BCUT2D eigenvalue weighted by Crippen LogP contribution is -2.72. The highest BCUT2D eigenvalue weighted by molar-refractivity contribution is 5.29. The van der Waals surface area contributed by atoms with Crippen LogP contribution in [0.15, 0.2) is 23.6 Å². The van der Waals surface area contributed by atoms with Gasteiger partial charge in [-0.2, -0.15) is 0 Å². The molecule has 1 aliphatic heterocycles. The molecule has 0 radical (unpaired) electrons. The van der Waals surface area contributed by atoms with Crippen molar-refractivity contribution in [3.8, 4) is 0 Å². The molecule has 76 valence electrons. The molecule has 0 aromatic rings. The van der Waals surface area contributed by atoms with E-state index in [1.54, 1.807) is 6.08 Å². The minimum atomic E-state index is -0.170. The molecule has 5 heteroatoms. The van der Waals surface area contributed by atoms with Crippen LogP contribution in [0.4, 0.5) is 0 Å². The van der Waals surface area contributed by atoms with E-state index in [1.165, 1.54) is 0 Å². The molecule has 0 saturated carbocycles. The zero-order chi connectivity index (χ0) is 9.80. The molecular formula is C9H13N2O3+. The lowest BCUT2D eigenvalue weighted by Gasteiger charge is -2.21. The van der Waals surface area contributed by atoms with Crippen molar-refractivity contribution in [3.05, 3.63) is 28.5 Å². The first-order chi connectivity index (χ1) is 6.90. The van der Waals surface area contributed by atoms with Crippen molar-refractivity contribution in [2.24, 2.45) is 0 Å². The van der Waals surface area contributed by atoms with Crippen LogP contribution in [0.2, 0.25) is 0 Å². The summed E-state index contributed by atoms with van der Waals surface area (Å²) in [5.41, 5.74) is 0.913. The zero-order valence-corrected chi connectivity index (χ0v) is 7.79. The first-order valence-electron chi connectivity index (χ1n) is 4.64. The van der Waals surface area contributed by atoms with Crippen LogP contribution in [0.25, 0.3) is 0 Å². The Morgan fingerprint density at radius 1 is 1.50 bits per heavy atom. The molecule has 14 heavy (non-hydrogen) atoms. The fourth-order valence-electron chi connectivity index (χ4n) is 1.46. The van der Waals surface area contributed by atoms with Crippen molar-refractivity contribution in [2.45, 2.75) is 12.5 Å². The van der Waals surface area contributed by atoms with E-state index in [9.17, 15) is 4.91 Å². The van der Waals surface area contributed by atoms with Gasteiger partial charge in [0.2, 0.25) is 6.04 Å². The molecule has 1 fully saturated rings. The molecule has 0 bridgehead atoms. The van der Waals surface area contributed by atoms with E-state index in [0.717, 1.165) is 11.5 Å². The molecule has 1 unspecified atom stereocenters. The smallest absolute Gasteiger partial charge is 0.224 e. The van der Waals surface area contributed by atoms with Crippen molar-refractivity contribution in [2.75, 3.05) is 19.9 Å². The van der Waals surface area contributed by atoms with Crippen molar-refractivity contribution < 1.29 is 14.7 Å². The van der Waals surface area contributed by atoms with Crippen LogP contribution >= 0.6 is 0 Å². The maximum absolute atomic E-state index is 10.5. The molecule has 2 rings (SSSR count). The molecule has 2 N–H and O–H groups in total. The summed E-state index contributed by atoms with van der Waals surface area (Å²) in [7, 11) is 0. The first kappa shape index (κ1) is 9.21. The lowest BCUT2D eigenvalue weighted by molar-refractivity contribution is -0.511. The molecule has 1 atom stereocenters. The van der Waals surface area contributed by atoms with Crippen molar-refractivity contribution in [1.82, 2.24) is 5.32 Å². The fraction of sp³-hybridized carbons (Fsp3) is 0.556. The monoisotopic (exact) mass is 197 g/mol. The van der Waals surface area contributed by atoms with E-state index in [0.29, 0.717) is 26.4 Å². The van der Waals surface area contributed by atoms with Gasteiger partial charge < -0.3 is 14.8 Å². The number of fused-ring (bicyclic) bond motifs is 1. The van der Waals surface area contributed by atoms with Gasteiger partial charge >= 0.3 is 0 Å². The highest BCUT2D eigenvalue weighted by atomic mass is 16.5. The predicted molar refractivity (Wildman–Crippen MR) is 48.8 cm³/mol. The number of hydrogen-bond acceptors (Lipinski definition) is 4. The van der Waals surface area contributed by atoms with Crippen LogP contribution in [0.3, 0.4) is 0 Å². The summed E-state index contributed by atoms with van der Waals surface area (Å²) in [5, 5.41) is 5.05. The van der Waals surface area contributed by atoms with E-state index in [2.05, 4.69) is 5.32 Å². The van der Waals surface area contributed by atoms with Gasteiger partial charge in [-0.3, -0.25) is 0 Å². The molecular weight excluding hydrogens is 184 g/mol. The maximum atomic E-state index is 10.5. The Hall–Kier alpha value is -1.36. The molecule has 5 nitrogen and oxygen atoms in total. The third-order valence-electron chi connectivity index (χ3n) is 2.20. The largest absolute Gasteiger partial charge is 0.489 e. The van der Waals surface area contributed by atoms with E-state index >= 15 is 0 Å². The van der Waals surface area contributed by atoms with Gasteiger partial charge in [0.1, 0.15) is 19.1 Å². The summed E-state index contributed by atoms with van der Waals surface area (Å²) in [6.07, 6.45) is 4.43. The Kier molecular flexibility index (Phi) is 2.78. The second-order valence-electron chi connectivity index (χ2n) is 3.19. The fourth-order valence-corrected chi connectivity index (χ4v) is 1.46. The molecule has 0 aromatic heterocycles. The van der Waals surface area contributed by atoms with Crippen LogP contribution in [0.5, 0.6) is 0 Å². The van der Waals surface area contributed by atoms with Gasteiger partial charge in [-0.15, -0.1) is 0 Å². The maximum Gasteiger partial charge on any atom is 0.224 e. The van der Waals surface area contributed by atoms with Gasteiger partial charge in [-0.05, 0) is 5.18 Å². The van der Waals surface area contributed by atoms with Gasteiger partial charge in [0.15, 0.2) is 0 Å². The number of rotatable bonds is 1. The van der Waals surface area contributed by atoms with Gasteiger partial charge in [-0.1, -0.05) is 6.08 Å². The third kappa shape index (κ3) is 1.93. The first-order valence-corrected chi connectivity index (χ1v) is 4.64. The second kappa shape index (κ2) is 4.23. The van der Waals surface area contributed by atoms with Crippen molar-refractivity contribution in [1.29, 1.82) is 0 Å². The van der Waals surface area contributed by atoms with Crippen LogP contribution in [0, 0.1) is 4.91 Å². The highest BCUT2D eigenvalue weighted by Gasteiger charge is 2.21. The molecule has 0 amide bonds. The Balaban J connectivity index is 2.12. The minimum Gasteiger partial charge on any atom is -0.489 e. The second-order valence-corrected chi connectivity index (χ2v) is 3.19. The Morgan fingerprint density at radius 3 is 3.29 bits per heavy atom. The molecule has 1 aliphatic carbocycles. The van der Waals surface area contributed by atoms with Crippen molar-refractivity contribution >= 4 is 0 Å². The summed E-state index contributed by atoms with van der Waals surface area (Å²) >= 11 is 0. The molecule has 0 aromatic carbocycles. The topological polar surface area (TPSA) is 61.5 Å². The minimum absolute atomic E-state index is 0.170. The predicted octanol–water partition coefficient (Wildman–Crippen LogP) is -1.03. The summed E-state index contributed by atoms with van der Waals surface area (Å²) < 4.78 is 10.6. The Bertz CT molecular complexity index is 286. The number of nitrogens with one attached hydrogen (secondary N) is 2. The average Bonchev–Trinajstić information content (AvgIpc) is 2.18. The van der Waals surface area contributed by atoms with Gasteiger partial charge in [0, 0.05) is 17.4 Å². The molecule has 2 aliphatic rings. The summed E-state index contributed by atoms with van der Waals surface area (Å²) in [4.78, 5) is 10.5. The molecule has 1 saturated heterocycles. The summed E-state index contributed by atoms with van der Waals surface area (Å²) in [6.45, 7) is 1.57. The average molecular weight is 197 g/mol. The lowest BCUT2D eigenvalue weighted by atomic mass is 10.1. The van der Waals surface area contributed by atoms with E-state index in [-0.39, 0.29) is 6.04 Å². The van der Waals surface area contributed by atoms with Gasteiger partial charge in [0.05, 0.1) is 12.3 Å². The Morgan fingerprint density at radius 2 is 2.43 bits per heavy atom. The van der Waals surface area contributed by atoms with Crippen molar-refractivity contribution in [3.63, 3.8) is 0 Å². The van der Waals surface area contributed by atoms with Crippen LogP contribution in [-0.4, -0.2) is 26.0 Å². The van der Waals surface area contributed by atoms with E-state index < -0.39 is 0 Å². The number of nitroso groups, excluding NO2 is 1. The zero-order valence-electron chi connectivity index (χ0n) is 7.79. The molecule has 0 spiro atoms. The standard InChI is InChI=1S/C9H12N2O3/c12-11-7-1-2-8-9(5-7)14-4-3-13-6-10-8/h2,5,7,10H,1,3-4,6H2/p+1. The van der Waals surface area contributed by atoms with Crippen LogP contribution in [-0.2, 0) is 9.47 Å². The Labute approximate surface area is 81.7 Å². The molecule has 1 heterocycles. The summed E-state index contributed by atoms with van der Waals surface area (Å²) in [6, 6.07) is -0.170. The SMILES string of the molecule is O=[NH+]C1C=C2OCCOCNC2=CC1. The van der Waals surface area contributed by atoms with Crippen LogP contribution < -0.4 is 10.5 Å². The summed E-state index contributed by atoms with van der Waals surface area (Å²) in [5.74, 6) is 0.743. The van der Waals surface area contributed by atoms with Gasteiger partial charge in [0.25, 0.3) is 0 Å². The van der Waals surface area contributed by atoms with E-state index in [4.69, 9.17) is 9.47 Å². The normalized spacial score (nSPS) is 26.7. The number of ether oxygens (including phenoxy) is 2. The van der Waals surface area contributed by atoms with Crippen LogP contribution in [0.1, 0.15) is 6.42 Å².